The number of piperidine rings is 1. The van der Waals surface area contributed by atoms with Crippen molar-refractivity contribution in [3.05, 3.63) is 70.0 Å². The summed E-state index contributed by atoms with van der Waals surface area (Å²) >= 11 is 0. The van der Waals surface area contributed by atoms with Crippen LogP contribution in [0.1, 0.15) is 83.4 Å². The number of hydrogen-bond donors (Lipinski definition) is 1. The number of carbonyl (C=O) groups is 1. The summed E-state index contributed by atoms with van der Waals surface area (Å²) in [4.78, 5) is 18.7. The second kappa shape index (κ2) is 10.4. The second-order valence-electron chi connectivity index (χ2n) is 10.1. The van der Waals surface area contributed by atoms with E-state index in [0.717, 1.165) is 24.0 Å². The van der Waals surface area contributed by atoms with E-state index in [0.29, 0.717) is 60.6 Å². The fourth-order valence-corrected chi connectivity index (χ4v) is 5.27. The molecular formula is C29H32FN5O2. The Balaban J connectivity index is 1.38. The number of nitriles is 1. The van der Waals surface area contributed by atoms with Crippen molar-refractivity contribution in [2.24, 2.45) is 0 Å². The molecule has 1 amide bonds. The van der Waals surface area contributed by atoms with Crippen molar-refractivity contribution in [2.45, 2.75) is 64.1 Å². The number of likely N-dealkylation sites (tertiary alicyclic amines) is 1. The molecular weight excluding hydrogens is 469 g/mol. The van der Waals surface area contributed by atoms with Crippen molar-refractivity contribution >= 4 is 5.91 Å². The Hall–Kier alpha value is -3.57. The summed E-state index contributed by atoms with van der Waals surface area (Å²) in [5, 5.41) is 17.6. The lowest BCUT2D eigenvalue weighted by Gasteiger charge is -2.37. The molecule has 0 spiro atoms. The molecule has 3 aromatic rings. The van der Waals surface area contributed by atoms with Crippen LogP contribution in [-0.4, -0.2) is 45.7 Å². The van der Waals surface area contributed by atoms with E-state index in [-0.39, 0.29) is 18.7 Å². The second-order valence-corrected chi connectivity index (χ2v) is 10.1. The molecule has 1 aliphatic heterocycles. The van der Waals surface area contributed by atoms with Gasteiger partial charge in [0, 0.05) is 43.7 Å². The lowest BCUT2D eigenvalue weighted by atomic mass is 9.77. The number of aromatic amines is 1. The highest BCUT2D eigenvalue weighted by molar-refractivity contribution is 5.97. The number of H-pyrrole nitrogens is 1. The van der Waals surface area contributed by atoms with Crippen LogP contribution in [0.4, 0.5) is 4.39 Å². The monoisotopic (exact) mass is 501 g/mol. The van der Waals surface area contributed by atoms with Crippen LogP contribution in [0.2, 0.25) is 0 Å². The number of nitrogens with zero attached hydrogens (tertiary/aromatic N) is 4. The minimum atomic E-state index is -1.50. The highest BCUT2D eigenvalue weighted by Crippen LogP contribution is 2.42. The molecule has 1 aliphatic carbocycles. The third kappa shape index (κ3) is 5.01. The Morgan fingerprint density at radius 1 is 1.22 bits per heavy atom. The number of benzene rings is 2. The third-order valence-corrected chi connectivity index (χ3v) is 7.78. The molecule has 1 saturated heterocycles. The number of nitrogens with one attached hydrogen (secondary N) is 1. The minimum absolute atomic E-state index is 0.0881. The largest absolute Gasteiger partial charge is 0.374 e. The van der Waals surface area contributed by atoms with Gasteiger partial charge in [-0.15, -0.1) is 10.2 Å². The van der Waals surface area contributed by atoms with Crippen molar-refractivity contribution in [1.29, 1.82) is 5.26 Å². The van der Waals surface area contributed by atoms with Crippen LogP contribution < -0.4 is 0 Å². The zero-order valence-corrected chi connectivity index (χ0v) is 21.4. The first-order valence-electron chi connectivity index (χ1n) is 13.0. The van der Waals surface area contributed by atoms with Crippen LogP contribution in [0.15, 0.2) is 36.4 Å². The normalized spacial score (nSPS) is 17.3. The molecule has 2 fully saturated rings. The Labute approximate surface area is 216 Å². The number of carbonyl (C=O) groups excluding carboxylic acids is 1. The van der Waals surface area contributed by atoms with E-state index in [1.165, 1.54) is 12.0 Å². The van der Waals surface area contributed by atoms with Gasteiger partial charge < -0.3 is 14.6 Å². The quantitative estimate of drug-likeness (QED) is 0.458. The molecule has 192 valence electrons. The molecule has 1 aromatic heterocycles. The summed E-state index contributed by atoms with van der Waals surface area (Å²) < 4.78 is 21.2. The smallest absolute Gasteiger partial charge is 0.254 e. The maximum atomic E-state index is 15.8. The van der Waals surface area contributed by atoms with Gasteiger partial charge in [-0.3, -0.25) is 4.79 Å². The van der Waals surface area contributed by atoms with Crippen molar-refractivity contribution in [3.8, 4) is 17.5 Å². The van der Waals surface area contributed by atoms with Crippen LogP contribution in [0.25, 0.3) is 11.4 Å². The van der Waals surface area contributed by atoms with Gasteiger partial charge in [0.1, 0.15) is 12.3 Å². The fraction of sp³-hybridized carbons (Fsp3) is 0.448. The molecule has 5 rings (SSSR count). The zero-order chi connectivity index (χ0) is 26.0. The molecule has 2 aromatic carbocycles. The highest BCUT2D eigenvalue weighted by atomic mass is 19.1. The maximum absolute atomic E-state index is 15.8. The molecule has 1 N–H and O–H groups in total. The predicted molar refractivity (Wildman–Crippen MR) is 138 cm³/mol. The molecule has 0 unspecified atom stereocenters. The molecule has 2 heterocycles. The van der Waals surface area contributed by atoms with E-state index in [2.05, 4.69) is 27.3 Å². The summed E-state index contributed by atoms with van der Waals surface area (Å²) in [5.41, 5.74) is 3.21. The van der Waals surface area contributed by atoms with E-state index in [1.54, 1.807) is 29.2 Å². The van der Waals surface area contributed by atoms with E-state index in [4.69, 9.17) is 10.00 Å². The summed E-state index contributed by atoms with van der Waals surface area (Å²) in [7, 11) is 0. The molecule has 0 bridgehead atoms. The topological polar surface area (TPSA) is 94.9 Å². The summed E-state index contributed by atoms with van der Waals surface area (Å²) in [6.07, 6.45) is 3.90. The number of amides is 1. The SMILES string of the molecule is CCOCc1nnc(-c2cc(C(=O)N3CCC(F)(c4ccc(C#N)cc4)CC3)c(C)cc2C2CCC2)[nH]1. The number of aryl methyl sites for hydroxylation is 1. The molecule has 2 aliphatic rings. The van der Waals surface area contributed by atoms with Gasteiger partial charge in [0.2, 0.25) is 0 Å². The van der Waals surface area contributed by atoms with Gasteiger partial charge in [0.15, 0.2) is 11.6 Å². The minimum Gasteiger partial charge on any atom is -0.374 e. The van der Waals surface area contributed by atoms with Crippen LogP contribution in [0, 0.1) is 18.3 Å². The van der Waals surface area contributed by atoms with Crippen molar-refractivity contribution in [1.82, 2.24) is 20.1 Å². The molecule has 1 saturated carbocycles. The van der Waals surface area contributed by atoms with Gasteiger partial charge in [-0.05, 0) is 67.5 Å². The standard InChI is InChI=1S/C29H32FN5O2/c1-3-37-18-26-32-27(34-33-26)25-16-23(19(2)15-24(25)21-5-4-6-21)28(36)35-13-11-29(30,12-14-35)22-9-7-20(17-31)8-10-22/h7-10,15-16,21H,3-6,11-14,18H2,1-2H3,(H,32,33,34). The molecule has 0 radical (unpaired) electrons. The number of hydrogen-bond acceptors (Lipinski definition) is 5. The van der Waals surface area contributed by atoms with Crippen molar-refractivity contribution in [3.63, 3.8) is 0 Å². The molecule has 0 atom stereocenters. The average molecular weight is 502 g/mol. The van der Waals surface area contributed by atoms with Gasteiger partial charge in [0.25, 0.3) is 5.91 Å². The maximum Gasteiger partial charge on any atom is 0.254 e. The van der Waals surface area contributed by atoms with Crippen LogP contribution >= 0.6 is 0 Å². The van der Waals surface area contributed by atoms with E-state index in [1.807, 2.05) is 19.9 Å². The van der Waals surface area contributed by atoms with Crippen LogP contribution in [0.5, 0.6) is 0 Å². The summed E-state index contributed by atoms with van der Waals surface area (Å²) in [5.74, 6) is 1.67. The Morgan fingerprint density at radius 2 is 1.95 bits per heavy atom. The Bertz CT molecular complexity index is 1320. The first kappa shape index (κ1) is 25.1. The van der Waals surface area contributed by atoms with Crippen LogP contribution in [0.3, 0.4) is 0 Å². The lowest BCUT2D eigenvalue weighted by molar-refractivity contribution is 0.0421. The van der Waals surface area contributed by atoms with Gasteiger partial charge >= 0.3 is 0 Å². The number of aromatic nitrogens is 3. The fourth-order valence-electron chi connectivity index (χ4n) is 5.27. The number of ether oxygens (including phenoxy) is 1. The summed E-state index contributed by atoms with van der Waals surface area (Å²) in [6.45, 7) is 5.51. The number of alkyl halides is 1. The first-order chi connectivity index (χ1) is 17.9. The Kier molecular flexibility index (Phi) is 7.07. The number of halogens is 1. The first-order valence-corrected chi connectivity index (χ1v) is 13.0. The number of rotatable bonds is 7. The van der Waals surface area contributed by atoms with E-state index >= 15 is 4.39 Å². The molecule has 37 heavy (non-hydrogen) atoms. The lowest BCUT2D eigenvalue weighted by Crippen LogP contribution is -2.43. The van der Waals surface area contributed by atoms with E-state index in [9.17, 15) is 4.79 Å². The van der Waals surface area contributed by atoms with Gasteiger partial charge in [-0.25, -0.2) is 4.39 Å². The zero-order valence-electron chi connectivity index (χ0n) is 21.4. The van der Waals surface area contributed by atoms with Gasteiger partial charge in [0.05, 0.1) is 11.6 Å². The van der Waals surface area contributed by atoms with Crippen LogP contribution in [-0.2, 0) is 17.0 Å². The average Bonchev–Trinajstić information content (AvgIpc) is 3.35. The summed E-state index contributed by atoms with van der Waals surface area (Å²) in [6, 6.07) is 12.8. The Morgan fingerprint density at radius 3 is 2.57 bits per heavy atom. The molecule has 7 nitrogen and oxygen atoms in total. The third-order valence-electron chi connectivity index (χ3n) is 7.78. The predicted octanol–water partition coefficient (Wildman–Crippen LogP) is 5.56. The van der Waals surface area contributed by atoms with Gasteiger partial charge in [-0.1, -0.05) is 24.6 Å². The van der Waals surface area contributed by atoms with Gasteiger partial charge in [-0.2, -0.15) is 5.26 Å². The highest BCUT2D eigenvalue weighted by Gasteiger charge is 2.38. The van der Waals surface area contributed by atoms with Crippen molar-refractivity contribution in [2.75, 3.05) is 19.7 Å². The van der Waals surface area contributed by atoms with E-state index < -0.39 is 5.67 Å². The molecule has 8 heteroatoms. The van der Waals surface area contributed by atoms with Crippen molar-refractivity contribution < 1.29 is 13.9 Å².